The molecule has 42 heavy (non-hydrogen) atoms. The van der Waals surface area contributed by atoms with E-state index in [0.717, 1.165) is 36.1 Å². The second-order valence-corrected chi connectivity index (χ2v) is 12.3. The molecule has 0 radical (unpaired) electrons. The van der Waals surface area contributed by atoms with E-state index in [1.165, 1.54) is 4.90 Å². The van der Waals surface area contributed by atoms with Crippen molar-refractivity contribution >= 4 is 23.3 Å². The van der Waals surface area contributed by atoms with Crippen molar-refractivity contribution in [2.75, 3.05) is 44.7 Å². The van der Waals surface area contributed by atoms with E-state index in [-0.39, 0.29) is 31.6 Å². The molecule has 1 spiro atoms. The number of carbonyl (C=O) groups excluding carboxylic acids is 1. The third kappa shape index (κ3) is 4.90. The summed E-state index contributed by atoms with van der Waals surface area (Å²) in [7, 11) is 2.06. The fraction of sp³-hybridized carbons (Fsp3) is 0.548. The zero-order chi connectivity index (χ0) is 29.6. The SMILES string of the molecule is C=C(F)C(=O)N1CCN(c2nc(OC[C@H]3CCCN3C)nc3c2CC[C@@]2(CCc4c(Cl)cccc42)[C@H]3F)C[C@@H]1CC#N. The Morgan fingerprint density at radius 1 is 1.21 bits per heavy atom. The van der Waals surface area contributed by atoms with E-state index in [2.05, 4.69) is 24.6 Å². The minimum atomic E-state index is -1.38. The Balaban J connectivity index is 1.37. The summed E-state index contributed by atoms with van der Waals surface area (Å²) in [6, 6.07) is 7.63. The molecule has 8 nitrogen and oxygen atoms in total. The van der Waals surface area contributed by atoms with E-state index in [9.17, 15) is 14.4 Å². The van der Waals surface area contributed by atoms with E-state index in [0.29, 0.717) is 55.4 Å². The summed E-state index contributed by atoms with van der Waals surface area (Å²) >= 11 is 6.52. The number of alkyl halides is 1. The number of aromatic nitrogens is 2. The minimum Gasteiger partial charge on any atom is -0.462 e. The van der Waals surface area contributed by atoms with E-state index in [1.54, 1.807) is 0 Å². The third-order valence-electron chi connectivity index (χ3n) is 9.70. The molecule has 0 saturated carbocycles. The molecule has 1 amide bonds. The smallest absolute Gasteiger partial charge is 0.318 e. The molecule has 2 saturated heterocycles. The number of ether oxygens (including phenoxy) is 1. The molecule has 0 unspecified atom stereocenters. The van der Waals surface area contributed by atoms with Crippen LogP contribution in [0.2, 0.25) is 5.02 Å². The highest BCUT2D eigenvalue weighted by Gasteiger charge is 2.51. The highest BCUT2D eigenvalue weighted by atomic mass is 35.5. The number of amides is 1. The van der Waals surface area contributed by atoms with E-state index < -0.39 is 29.4 Å². The van der Waals surface area contributed by atoms with Gasteiger partial charge in [0.05, 0.1) is 24.2 Å². The number of halogens is 3. The summed E-state index contributed by atoms with van der Waals surface area (Å²) in [6.45, 7) is 5.32. The number of nitriles is 1. The first-order valence-electron chi connectivity index (χ1n) is 14.7. The van der Waals surface area contributed by atoms with Gasteiger partial charge in [0.15, 0.2) is 12.0 Å². The first-order valence-corrected chi connectivity index (χ1v) is 15.0. The average Bonchev–Trinajstić information content (AvgIpc) is 3.57. The van der Waals surface area contributed by atoms with Gasteiger partial charge in [-0.1, -0.05) is 30.3 Å². The van der Waals surface area contributed by atoms with Crippen molar-refractivity contribution in [3.8, 4) is 12.1 Å². The van der Waals surface area contributed by atoms with Crippen LogP contribution < -0.4 is 9.64 Å². The van der Waals surface area contributed by atoms with Crippen LogP contribution in [0.15, 0.2) is 30.6 Å². The molecule has 222 valence electrons. The number of anilines is 1. The van der Waals surface area contributed by atoms with Gasteiger partial charge in [0.1, 0.15) is 12.4 Å². The highest BCUT2D eigenvalue weighted by molar-refractivity contribution is 6.31. The van der Waals surface area contributed by atoms with Crippen molar-refractivity contribution in [2.45, 2.75) is 68.6 Å². The van der Waals surface area contributed by atoms with Gasteiger partial charge in [-0.3, -0.25) is 4.79 Å². The fourth-order valence-corrected chi connectivity index (χ4v) is 7.65. The highest BCUT2D eigenvalue weighted by Crippen LogP contribution is 2.56. The Morgan fingerprint density at radius 2 is 2.00 bits per heavy atom. The summed E-state index contributed by atoms with van der Waals surface area (Å²) in [5, 5.41) is 10.1. The number of likely N-dealkylation sites (N-methyl/N-ethyl adjacent to an activating group) is 1. The normalized spacial score (nSPS) is 27.1. The molecule has 2 aromatic rings. The number of fused-ring (bicyclic) bond motifs is 3. The van der Waals surface area contributed by atoms with Gasteiger partial charge in [0.25, 0.3) is 5.91 Å². The van der Waals surface area contributed by atoms with Crippen LogP contribution in [-0.4, -0.2) is 77.6 Å². The average molecular weight is 597 g/mol. The molecular weight excluding hydrogens is 562 g/mol. The van der Waals surface area contributed by atoms with Crippen LogP contribution >= 0.6 is 11.6 Å². The van der Waals surface area contributed by atoms with Crippen LogP contribution in [-0.2, 0) is 23.1 Å². The second kappa shape index (κ2) is 11.4. The monoisotopic (exact) mass is 596 g/mol. The van der Waals surface area contributed by atoms with Crippen LogP contribution in [0, 0.1) is 11.3 Å². The molecule has 2 aliphatic heterocycles. The summed E-state index contributed by atoms with van der Waals surface area (Å²) in [5.41, 5.74) is 2.30. The van der Waals surface area contributed by atoms with Crippen LogP contribution in [0.3, 0.4) is 0 Å². The van der Waals surface area contributed by atoms with E-state index in [1.807, 2.05) is 23.1 Å². The third-order valence-corrected chi connectivity index (χ3v) is 10.1. The Kier molecular flexibility index (Phi) is 7.83. The van der Waals surface area contributed by atoms with Crippen molar-refractivity contribution in [3.05, 3.63) is 58.0 Å². The predicted octanol–water partition coefficient (Wildman–Crippen LogP) is 4.86. The molecule has 3 heterocycles. The van der Waals surface area contributed by atoms with Crippen LogP contribution in [0.25, 0.3) is 0 Å². The van der Waals surface area contributed by atoms with Gasteiger partial charge in [-0.15, -0.1) is 0 Å². The summed E-state index contributed by atoms with van der Waals surface area (Å²) in [4.78, 5) is 27.6. The van der Waals surface area contributed by atoms with Gasteiger partial charge >= 0.3 is 6.01 Å². The molecular formula is C31H35ClF2N6O2. The quantitative estimate of drug-likeness (QED) is 0.440. The lowest BCUT2D eigenvalue weighted by molar-refractivity contribution is -0.131. The van der Waals surface area contributed by atoms with Crippen molar-refractivity contribution in [1.82, 2.24) is 19.8 Å². The minimum absolute atomic E-state index is 0.0204. The van der Waals surface area contributed by atoms with E-state index >= 15 is 4.39 Å². The zero-order valence-electron chi connectivity index (χ0n) is 23.8. The molecule has 2 fully saturated rings. The molecule has 4 atom stereocenters. The number of hydrogen-bond acceptors (Lipinski definition) is 7. The maximum atomic E-state index is 17.0. The Labute approximate surface area is 249 Å². The molecule has 4 aliphatic rings. The topological polar surface area (TPSA) is 85.6 Å². The Morgan fingerprint density at radius 3 is 2.71 bits per heavy atom. The zero-order valence-corrected chi connectivity index (χ0v) is 24.5. The van der Waals surface area contributed by atoms with Crippen molar-refractivity contribution in [1.29, 1.82) is 5.26 Å². The van der Waals surface area contributed by atoms with Crippen LogP contribution in [0.4, 0.5) is 14.6 Å². The van der Waals surface area contributed by atoms with Gasteiger partial charge in [-0.05, 0) is 69.3 Å². The van der Waals surface area contributed by atoms with Gasteiger partial charge in [0, 0.05) is 41.7 Å². The van der Waals surface area contributed by atoms with Crippen molar-refractivity contribution in [2.24, 2.45) is 0 Å². The summed E-state index contributed by atoms with van der Waals surface area (Å²) in [5.74, 6) is -1.31. The molecule has 1 aromatic carbocycles. The number of benzene rings is 1. The molecule has 0 N–H and O–H groups in total. The Bertz CT molecular complexity index is 1450. The molecule has 0 bridgehead atoms. The maximum absolute atomic E-state index is 17.0. The number of piperazine rings is 1. The number of nitrogens with zero attached hydrogens (tertiary/aromatic N) is 6. The van der Waals surface area contributed by atoms with E-state index in [4.69, 9.17) is 26.3 Å². The van der Waals surface area contributed by atoms with Crippen molar-refractivity contribution < 1.29 is 18.3 Å². The lowest BCUT2D eigenvalue weighted by Gasteiger charge is -2.43. The largest absolute Gasteiger partial charge is 0.462 e. The first-order chi connectivity index (χ1) is 20.2. The van der Waals surface area contributed by atoms with Gasteiger partial charge in [-0.2, -0.15) is 15.2 Å². The van der Waals surface area contributed by atoms with Crippen LogP contribution in [0.5, 0.6) is 6.01 Å². The number of hydrogen-bond donors (Lipinski definition) is 0. The molecule has 1 aromatic heterocycles. The standard InChI is InChI=1S/C31H35ClF2N6O2/c1-19(33)29(41)40-16-15-39(17-20(40)10-13-35)28-23-9-12-31(11-8-22-24(31)6-3-7-25(22)32)27(34)26(23)36-30(37-28)42-18-21-5-4-14-38(21)2/h3,6-7,20-21,27H,1,4-5,8-12,14-18H2,2H3/t20-,21+,27-,31+/m0/s1. The fourth-order valence-electron chi connectivity index (χ4n) is 7.38. The molecule has 2 aliphatic carbocycles. The second-order valence-electron chi connectivity index (χ2n) is 11.9. The molecule has 11 heteroatoms. The number of rotatable bonds is 6. The summed E-state index contributed by atoms with van der Waals surface area (Å²) in [6.07, 6.45) is 3.24. The number of likely N-dealkylation sites (tertiary alicyclic amines) is 1. The Hall–Kier alpha value is -3.29. The number of carbonyl (C=O) groups is 1. The van der Waals surface area contributed by atoms with Crippen molar-refractivity contribution in [3.63, 3.8) is 0 Å². The molecule has 6 rings (SSSR count). The predicted molar refractivity (Wildman–Crippen MR) is 155 cm³/mol. The van der Waals surface area contributed by atoms with Gasteiger partial charge in [-0.25, -0.2) is 8.78 Å². The lowest BCUT2D eigenvalue weighted by Crippen LogP contribution is -2.55. The maximum Gasteiger partial charge on any atom is 0.318 e. The first kappa shape index (κ1) is 28.8. The van der Waals surface area contributed by atoms with Gasteiger partial charge in [0.2, 0.25) is 0 Å². The van der Waals surface area contributed by atoms with Crippen LogP contribution in [0.1, 0.15) is 60.7 Å². The summed E-state index contributed by atoms with van der Waals surface area (Å²) < 4.78 is 36.9. The lowest BCUT2D eigenvalue weighted by atomic mass is 9.68. The van der Waals surface area contributed by atoms with Gasteiger partial charge < -0.3 is 19.4 Å².